The normalized spacial score (nSPS) is 19.0. The first-order valence-corrected chi connectivity index (χ1v) is 12.5. The molecule has 1 atom stereocenters. The van der Waals surface area contributed by atoms with Gasteiger partial charge in [-0.2, -0.15) is 0 Å². The van der Waals surface area contributed by atoms with Crippen molar-refractivity contribution in [2.24, 2.45) is 5.41 Å². The van der Waals surface area contributed by atoms with Crippen molar-refractivity contribution in [1.29, 1.82) is 0 Å². The molecule has 0 aromatic heterocycles. The van der Waals surface area contributed by atoms with Crippen LogP contribution in [0.2, 0.25) is 0 Å². The maximum atomic E-state index is 13.9. The number of fused-ring (bicyclic) bond motifs is 2. The third-order valence-corrected chi connectivity index (χ3v) is 7.86. The molecule has 1 heterocycles. The van der Waals surface area contributed by atoms with Crippen LogP contribution in [0.3, 0.4) is 0 Å². The van der Waals surface area contributed by atoms with E-state index in [-0.39, 0.29) is 31.0 Å². The van der Waals surface area contributed by atoms with Crippen LogP contribution < -0.4 is 4.90 Å². The molecule has 7 nitrogen and oxygen atoms in total. The van der Waals surface area contributed by atoms with Crippen molar-refractivity contribution in [3.8, 4) is 0 Å². The summed E-state index contributed by atoms with van der Waals surface area (Å²) < 4.78 is 9.90. The van der Waals surface area contributed by atoms with Gasteiger partial charge < -0.3 is 14.4 Å². The number of amides is 1. The lowest BCUT2D eigenvalue weighted by Gasteiger charge is -2.24. The number of rotatable bonds is 7. The van der Waals surface area contributed by atoms with Crippen LogP contribution >= 0.6 is 0 Å². The fourth-order valence-electron chi connectivity index (χ4n) is 5.85. The summed E-state index contributed by atoms with van der Waals surface area (Å²) in [6, 6.07) is 22.3. The van der Waals surface area contributed by atoms with E-state index in [0.717, 1.165) is 27.9 Å². The van der Waals surface area contributed by atoms with Crippen molar-refractivity contribution in [2.75, 3.05) is 19.1 Å². The van der Waals surface area contributed by atoms with Crippen molar-refractivity contribution in [1.82, 2.24) is 0 Å². The van der Waals surface area contributed by atoms with Gasteiger partial charge in [-0.15, -0.1) is 0 Å². The van der Waals surface area contributed by atoms with Gasteiger partial charge in [0.15, 0.2) is 11.2 Å². The molecule has 2 aliphatic rings. The number of hydrogen-bond acceptors (Lipinski definition) is 6. The summed E-state index contributed by atoms with van der Waals surface area (Å²) in [6.45, 7) is 2.13. The van der Waals surface area contributed by atoms with Gasteiger partial charge in [-0.05, 0) is 48.1 Å². The highest BCUT2D eigenvalue weighted by molar-refractivity contribution is 6.11. The van der Waals surface area contributed by atoms with Gasteiger partial charge in [0, 0.05) is 17.7 Å². The Kier molecular flexibility index (Phi) is 6.39. The largest absolute Gasteiger partial charge is 0.468 e. The fourth-order valence-corrected chi connectivity index (χ4v) is 5.85. The molecule has 38 heavy (non-hydrogen) atoms. The second-order valence-corrected chi connectivity index (χ2v) is 10.2. The molecule has 0 radical (unpaired) electrons. The SMILES string of the molecule is COC(=O)C1(C(=O)OC)Cc2ccc(CN3C(=O)C(C)(CC(=O)c4ccccc4)c4ccccc43)cc2C1. The molecule has 7 heteroatoms. The highest BCUT2D eigenvalue weighted by atomic mass is 16.5. The Morgan fingerprint density at radius 1 is 0.842 bits per heavy atom. The van der Waals surface area contributed by atoms with Crippen LogP contribution in [0.25, 0.3) is 0 Å². The highest BCUT2D eigenvalue weighted by Gasteiger charge is 2.53. The molecule has 3 aromatic rings. The van der Waals surface area contributed by atoms with Crippen LogP contribution in [0, 0.1) is 5.41 Å². The summed E-state index contributed by atoms with van der Waals surface area (Å²) in [5.74, 6) is -1.46. The summed E-state index contributed by atoms with van der Waals surface area (Å²) >= 11 is 0. The van der Waals surface area contributed by atoms with E-state index < -0.39 is 22.8 Å². The van der Waals surface area contributed by atoms with Crippen molar-refractivity contribution < 1.29 is 28.7 Å². The Morgan fingerprint density at radius 3 is 2.16 bits per heavy atom. The summed E-state index contributed by atoms with van der Waals surface area (Å²) in [5.41, 5.74) is 2.36. The molecule has 0 spiro atoms. The molecule has 0 fully saturated rings. The lowest BCUT2D eigenvalue weighted by atomic mass is 9.78. The summed E-state index contributed by atoms with van der Waals surface area (Å²) in [5, 5.41) is 0. The van der Waals surface area contributed by atoms with Gasteiger partial charge in [0.05, 0.1) is 26.2 Å². The lowest BCUT2D eigenvalue weighted by molar-refractivity contribution is -0.168. The van der Waals surface area contributed by atoms with Gasteiger partial charge in [0.2, 0.25) is 5.91 Å². The minimum Gasteiger partial charge on any atom is -0.468 e. The van der Waals surface area contributed by atoms with E-state index in [1.807, 2.05) is 67.6 Å². The number of nitrogens with zero attached hydrogens (tertiary/aromatic N) is 1. The molecule has 194 valence electrons. The molecule has 0 saturated carbocycles. The number of esters is 2. The van der Waals surface area contributed by atoms with Crippen molar-refractivity contribution in [2.45, 2.75) is 38.1 Å². The predicted octanol–water partition coefficient (Wildman–Crippen LogP) is 4.20. The summed E-state index contributed by atoms with van der Waals surface area (Å²) in [7, 11) is 2.52. The Balaban J connectivity index is 1.43. The van der Waals surface area contributed by atoms with Gasteiger partial charge in [0.25, 0.3) is 0 Å². The first-order valence-electron chi connectivity index (χ1n) is 12.5. The van der Waals surface area contributed by atoms with E-state index in [1.54, 1.807) is 17.0 Å². The number of anilines is 1. The molecule has 0 N–H and O–H groups in total. The van der Waals surface area contributed by atoms with E-state index in [1.165, 1.54) is 14.2 Å². The Labute approximate surface area is 221 Å². The van der Waals surface area contributed by atoms with Crippen molar-refractivity contribution >= 4 is 29.3 Å². The molecule has 0 saturated heterocycles. The van der Waals surface area contributed by atoms with Crippen LogP contribution in [0.5, 0.6) is 0 Å². The number of Topliss-reactive ketones (excluding diaryl/α,β-unsaturated/α-hetero) is 1. The highest BCUT2D eigenvalue weighted by Crippen LogP contribution is 2.45. The zero-order valence-electron chi connectivity index (χ0n) is 21.7. The van der Waals surface area contributed by atoms with E-state index in [0.29, 0.717) is 12.1 Å². The Bertz CT molecular complexity index is 1430. The average molecular weight is 512 g/mol. The van der Waals surface area contributed by atoms with Crippen LogP contribution in [0.1, 0.15) is 46.0 Å². The van der Waals surface area contributed by atoms with E-state index in [2.05, 4.69) is 0 Å². The Hall–Kier alpha value is -4.26. The van der Waals surface area contributed by atoms with Crippen LogP contribution in [-0.2, 0) is 48.7 Å². The topological polar surface area (TPSA) is 90.0 Å². The summed E-state index contributed by atoms with van der Waals surface area (Å²) in [4.78, 5) is 54.0. The number of ether oxygens (including phenoxy) is 2. The number of methoxy groups -OCH3 is 2. The predicted molar refractivity (Wildman–Crippen MR) is 141 cm³/mol. The smallest absolute Gasteiger partial charge is 0.323 e. The second kappa shape index (κ2) is 9.56. The molecule has 0 bridgehead atoms. The number of hydrogen-bond donors (Lipinski definition) is 0. The van der Waals surface area contributed by atoms with Gasteiger partial charge in [0.1, 0.15) is 0 Å². The van der Waals surface area contributed by atoms with Crippen LogP contribution in [0.4, 0.5) is 5.69 Å². The van der Waals surface area contributed by atoms with Gasteiger partial charge >= 0.3 is 11.9 Å². The number of ketones is 1. The standard InChI is InChI=1S/C31H29NO6/c1-30(18-26(33)21-9-5-4-6-10-21)24-11-7-8-12-25(24)32(27(30)34)19-20-13-14-22-16-31(28(35)37-2,29(36)38-3)17-23(22)15-20/h4-15H,16-19H2,1-3H3. The summed E-state index contributed by atoms with van der Waals surface area (Å²) in [6.07, 6.45) is 0.435. The molecule has 5 rings (SSSR count). The monoisotopic (exact) mass is 511 g/mol. The van der Waals surface area contributed by atoms with Crippen molar-refractivity contribution in [3.63, 3.8) is 0 Å². The molecular weight excluding hydrogens is 482 g/mol. The lowest BCUT2D eigenvalue weighted by Crippen LogP contribution is -2.42. The van der Waals surface area contributed by atoms with E-state index in [4.69, 9.17) is 9.47 Å². The van der Waals surface area contributed by atoms with Gasteiger partial charge in [-0.25, -0.2) is 0 Å². The number of carbonyl (C=O) groups is 4. The van der Waals surface area contributed by atoms with Gasteiger partial charge in [-0.3, -0.25) is 19.2 Å². The zero-order chi connectivity index (χ0) is 27.1. The average Bonchev–Trinajstić information content (AvgIpc) is 3.43. The third kappa shape index (κ3) is 3.99. The minimum absolute atomic E-state index is 0.0638. The molecule has 1 aliphatic carbocycles. The molecule has 1 amide bonds. The zero-order valence-corrected chi connectivity index (χ0v) is 21.7. The maximum Gasteiger partial charge on any atom is 0.323 e. The molecular formula is C31H29NO6. The number of para-hydroxylation sites is 1. The van der Waals surface area contributed by atoms with E-state index in [9.17, 15) is 19.2 Å². The van der Waals surface area contributed by atoms with Crippen LogP contribution in [-0.4, -0.2) is 37.8 Å². The number of carbonyl (C=O) groups excluding carboxylic acids is 4. The quantitative estimate of drug-likeness (QED) is 0.268. The second-order valence-electron chi connectivity index (χ2n) is 10.2. The Morgan fingerprint density at radius 2 is 1.47 bits per heavy atom. The fraction of sp³-hybridized carbons (Fsp3) is 0.290. The van der Waals surface area contributed by atoms with E-state index >= 15 is 0 Å². The molecule has 3 aromatic carbocycles. The number of benzene rings is 3. The third-order valence-electron chi connectivity index (χ3n) is 7.86. The maximum absolute atomic E-state index is 13.9. The van der Waals surface area contributed by atoms with Crippen LogP contribution in [0.15, 0.2) is 72.8 Å². The minimum atomic E-state index is -1.41. The molecule has 1 unspecified atom stereocenters. The molecule has 1 aliphatic heterocycles. The van der Waals surface area contributed by atoms with Crippen molar-refractivity contribution in [3.05, 3.63) is 101 Å². The first kappa shape index (κ1) is 25.4. The van der Waals surface area contributed by atoms with Gasteiger partial charge in [-0.1, -0.05) is 66.7 Å². The first-order chi connectivity index (χ1) is 18.2.